The van der Waals surface area contributed by atoms with Crippen LogP contribution in [0.3, 0.4) is 0 Å². The third-order valence-corrected chi connectivity index (χ3v) is 5.26. The molecule has 0 spiro atoms. The number of urea groups is 1. The highest BCUT2D eigenvalue weighted by molar-refractivity contribution is 6.13. The van der Waals surface area contributed by atoms with Gasteiger partial charge in [-0.25, -0.2) is 4.79 Å². The first-order valence-electron chi connectivity index (χ1n) is 9.57. The molecule has 0 atom stereocenters. The largest absolute Gasteiger partial charge is 0.329 e. The maximum Gasteiger partial charge on any atom is 0.329 e. The van der Waals surface area contributed by atoms with Gasteiger partial charge in [0.15, 0.2) is 0 Å². The molecule has 0 saturated carbocycles. The van der Waals surface area contributed by atoms with E-state index in [9.17, 15) is 9.59 Å². The smallest absolute Gasteiger partial charge is 0.317 e. The number of amides is 3. The zero-order valence-corrected chi connectivity index (χ0v) is 16.8. The molecule has 1 aliphatic rings. The van der Waals surface area contributed by atoms with Crippen LogP contribution in [0.4, 0.5) is 4.79 Å². The first-order chi connectivity index (χ1) is 13.9. The van der Waals surface area contributed by atoms with Crippen molar-refractivity contribution in [2.45, 2.75) is 27.3 Å². The molecule has 5 nitrogen and oxygen atoms in total. The molecule has 1 fully saturated rings. The van der Waals surface area contributed by atoms with Gasteiger partial charge in [-0.3, -0.25) is 9.69 Å². The number of carbonyl (C=O) groups excluding carboxylic acids is 2. The summed E-state index contributed by atoms with van der Waals surface area (Å²) in [5.41, 5.74) is 6.60. The van der Waals surface area contributed by atoms with Gasteiger partial charge in [0.2, 0.25) is 0 Å². The van der Waals surface area contributed by atoms with Gasteiger partial charge in [-0.1, -0.05) is 35.9 Å². The van der Waals surface area contributed by atoms with Gasteiger partial charge in [-0.05, 0) is 67.8 Å². The molecule has 1 aromatic heterocycles. The van der Waals surface area contributed by atoms with Crippen molar-refractivity contribution in [2.24, 2.45) is 0 Å². The van der Waals surface area contributed by atoms with Gasteiger partial charge >= 0.3 is 6.03 Å². The van der Waals surface area contributed by atoms with Crippen molar-refractivity contribution in [1.29, 1.82) is 0 Å². The lowest BCUT2D eigenvalue weighted by Crippen LogP contribution is -2.30. The molecule has 2 aromatic carbocycles. The second kappa shape index (κ2) is 7.43. The van der Waals surface area contributed by atoms with Crippen molar-refractivity contribution < 1.29 is 9.59 Å². The molecule has 0 unspecified atom stereocenters. The van der Waals surface area contributed by atoms with Gasteiger partial charge < -0.3 is 9.88 Å². The zero-order chi connectivity index (χ0) is 20.5. The summed E-state index contributed by atoms with van der Waals surface area (Å²) in [4.78, 5) is 26.4. The van der Waals surface area contributed by atoms with Crippen molar-refractivity contribution in [2.75, 3.05) is 0 Å². The number of benzene rings is 2. The van der Waals surface area contributed by atoms with Gasteiger partial charge in [0, 0.05) is 17.6 Å². The van der Waals surface area contributed by atoms with Gasteiger partial charge in [-0.15, -0.1) is 0 Å². The second-order valence-electron chi connectivity index (χ2n) is 7.44. The van der Waals surface area contributed by atoms with Gasteiger partial charge in [0.1, 0.15) is 5.70 Å². The molecular weight excluding hydrogens is 362 g/mol. The fraction of sp³-hybridized carbons (Fsp3) is 0.167. The van der Waals surface area contributed by atoms with Crippen LogP contribution in [0.5, 0.6) is 0 Å². The van der Waals surface area contributed by atoms with Crippen molar-refractivity contribution in [3.63, 3.8) is 0 Å². The SMILES string of the molecule is Cc1ccc(CN2C(=O)N/C(=C/c3cccn3-c3ccc(C)c(C)c3)C2=O)cc1. The Morgan fingerprint density at radius 1 is 0.931 bits per heavy atom. The summed E-state index contributed by atoms with van der Waals surface area (Å²) in [6, 6.07) is 17.5. The fourth-order valence-corrected chi connectivity index (χ4v) is 3.36. The number of carbonyl (C=O) groups is 2. The summed E-state index contributed by atoms with van der Waals surface area (Å²) in [7, 11) is 0. The molecule has 5 heteroatoms. The topological polar surface area (TPSA) is 54.3 Å². The summed E-state index contributed by atoms with van der Waals surface area (Å²) in [6.07, 6.45) is 3.67. The van der Waals surface area contributed by atoms with Crippen LogP contribution < -0.4 is 5.32 Å². The molecule has 0 radical (unpaired) electrons. The maximum atomic E-state index is 12.8. The first kappa shape index (κ1) is 18.7. The Balaban J connectivity index is 1.60. The van der Waals surface area contributed by atoms with Crippen LogP contribution in [0.25, 0.3) is 11.8 Å². The minimum absolute atomic E-state index is 0.250. The van der Waals surface area contributed by atoms with Gasteiger partial charge in [0.25, 0.3) is 5.91 Å². The fourth-order valence-electron chi connectivity index (χ4n) is 3.36. The van der Waals surface area contributed by atoms with E-state index < -0.39 is 6.03 Å². The first-order valence-corrected chi connectivity index (χ1v) is 9.57. The van der Waals surface area contributed by atoms with E-state index in [-0.39, 0.29) is 18.1 Å². The predicted molar refractivity (Wildman–Crippen MR) is 113 cm³/mol. The molecule has 3 amide bonds. The third kappa shape index (κ3) is 3.72. The molecule has 2 heterocycles. The summed E-state index contributed by atoms with van der Waals surface area (Å²) in [5, 5.41) is 2.71. The number of nitrogens with zero attached hydrogens (tertiary/aromatic N) is 2. The summed E-state index contributed by atoms with van der Waals surface area (Å²) >= 11 is 0. The van der Waals surface area contributed by atoms with Crippen LogP contribution in [0.15, 0.2) is 66.5 Å². The molecular formula is C24H23N3O2. The molecule has 146 valence electrons. The predicted octanol–water partition coefficient (Wildman–Crippen LogP) is 4.50. The quantitative estimate of drug-likeness (QED) is 0.531. The van der Waals surface area contributed by atoms with Crippen molar-refractivity contribution >= 4 is 18.0 Å². The van der Waals surface area contributed by atoms with Crippen LogP contribution in [0.2, 0.25) is 0 Å². The van der Waals surface area contributed by atoms with Gasteiger partial charge in [0.05, 0.1) is 6.54 Å². The average molecular weight is 385 g/mol. The minimum atomic E-state index is -0.397. The van der Waals surface area contributed by atoms with E-state index in [4.69, 9.17) is 0 Å². The highest BCUT2D eigenvalue weighted by Gasteiger charge is 2.33. The standard InChI is InChI=1S/C24H23N3O2/c1-16-6-9-19(10-7-16)15-27-23(28)22(25-24(27)29)14-20-5-4-12-26(20)21-11-8-17(2)18(3)13-21/h4-14H,15H2,1-3H3,(H,25,29)/b22-14+. The number of aromatic nitrogens is 1. The molecule has 0 aliphatic carbocycles. The molecule has 0 bridgehead atoms. The maximum absolute atomic E-state index is 12.8. The van der Waals surface area contributed by atoms with E-state index in [1.54, 1.807) is 6.08 Å². The van der Waals surface area contributed by atoms with Crippen LogP contribution in [-0.4, -0.2) is 21.4 Å². The average Bonchev–Trinajstić information content (AvgIpc) is 3.26. The minimum Gasteiger partial charge on any atom is -0.317 e. The molecule has 29 heavy (non-hydrogen) atoms. The Morgan fingerprint density at radius 2 is 1.69 bits per heavy atom. The number of nitrogens with one attached hydrogen (secondary N) is 1. The molecule has 3 aromatic rings. The normalized spacial score (nSPS) is 15.3. The van der Waals surface area contributed by atoms with Crippen LogP contribution in [0.1, 0.15) is 27.9 Å². The third-order valence-electron chi connectivity index (χ3n) is 5.26. The lowest BCUT2D eigenvalue weighted by molar-refractivity contribution is -0.123. The monoisotopic (exact) mass is 385 g/mol. The lowest BCUT2D eigenvalue weighted by atomic mass is 10.1. The highest BCUT2D eigenvalue weighted by Crippen LogP contribution is 2.21. The number of imide groups is 1. The van der Waals surface area contributed by atoms with E-state index in [2.05, 4.69) is 31.3 Å². The summed E-state index contributed by atoms with van der Waals surface area (Å²) in [5.74, 6) is -0.316. The van der Waals surface area contributed by atoms with Crippen molar-refractivity contribution in [3.05, 3.63) is 94.4 Å². The lowest BCUT2D eigenvalue weighted by Gasteiger charge is -2.12. The van der Waals surface area contributed by atoms with Crippen LogP contribution in [-0.2, 0) is 11.3 Å². The molecule has 4 rings (SSSR count). The van der Waals surface area contributed by atoms with Crippen molar-refractivity contribution in [1.82, 2.24) is 14.8 Å². The van der Waals surface area contributed by atoms with Gasteiger partial charge in [-0.2, -0.15) is 0 Å². The Kier molecular flexibility index (Phi) is 4.80. The van der Waals surface area contributed by atoms with Crippen LogP contribution in [0, 0.1) is 20.8 Å². The number of hydrogen-bond donors (Lipinski definition) is 1. The molecule has 1 aliphatic heterocycles. The second-order valence-corrected chi connectivity index (χ2v) is 7.44. The number of aryl methyl sites for hydroxylation is 3. The van der Waals surface area contributed by atoms with E-state index >= 15 is 0 Å². The van der Waals surface area contributed by atoms with E-state index in [0.717, 1.165) is 22.5 Å². The zero-order valence-electron chi connectivity index (χ0n) is 16.8. The molecule has 1 saturated heterocycles. The Hall–Kier alpha value is -3.60. The van der Waals surface area contributed by atoms with E-state index in [1.165, 1.54) is 16.0 Å². The molecule has 1 N–H and O–H groups in total. The van der Waals surface area contributed by atoms with E-state index in [0.29, 0.717) is 0 Å². The Bertz CT molecular complexity index is 1120. The summed E-state index contributed by atoms with van der Waals surface area (Å²) in [6.45, 7) is 6.40. The summed E-state index contributed by atoms with van der Waals surface area (Å²) < 4.78 is 2.00. The Morgan fingerprint density at radius 3 is 2.41 bits per heavy atom. The number of hydrogen-bond acceptors (Lipinski definition) is 2. The van der Waals surface area contributed by atoms with E-state index in [1.807, 2.05) is 60.2 Å². The highest BCUT2D eigenvalue weighted by atomic mass is 16.2. The Labute approximate surface area is 170 Å². The van der Waals surface area contributed by atoms with Crippen molar-refractivity contribution in [3.8, 4) is 5.69 Å². The number of rotatable bonds is 4. The van der Waals surface area contributed by atoms with Crippen LogP contribution >= 0.6 is 0 Å².